The van der Waals surface area contributed by atoms with Crippen LogP contribution in [0.1, 0.15) is 46.7 Å². The summed E-state index contributed by atoms with van der Waals surface area (Å²) < 4.78 is 17.7. The van der Waals surface area contributed by atoms with E-state index in [1.807, 2.05) is 4.90 Å². The summed E-state index contributed by atoms with van der Waals surface area (Å²) in [5.74, 6) is -0.647. The van der Waals surface area contributed by atoms with E-state index in [4.69, 9.17) is 0 Å². The number of halogens is 1. The van der Waals surface area contributed by atoms with Crippen molar-refractivity contribution in [3.05, 3.63) is 51.7 Å². The SMILES string of the molecule is CCOC(=O)NNC(=O)c1csc(C2CCN(C(=O)Cc3ccc(F)cc3)CC2)n1. The number of piperidine rings is 1. The van der Waals surface area contributed by atoms with Crippen LogP contribution in [0.4, 0.5) is 9.18 Å². The van der Waals surface area contributed by atoms with E-state index in [1.165, 1.54) is 23.5 Å². The molecule has 2 N–H and O–H groups in total. The van der Waals surface area contributed by atoms with E-state index in [9.17, 15) is 18.8 Å². The fourth-order valence-electron chi connectivity index (χ4n) is 3.18. The molecule has 3 amide bonds. The Morgan fingerprint density at radius 1 is 1.20 bits per heavy atom. The third-order valence-electron chi connectivity index (χ3n) is 4.77. The average molecular weight is 434 g/mol. The molecule has 0 saturated carbocycles. The highest BCUT2D eigenvalue weighted by Crippen LogP contribution is 2.30. The van der Waals surface area contributed by atoms with Crippen LogP contribution in [0.3, 0.4) is 0 Å². The largest absolute Gasteiger partial charge is 0.449 e. The molecule has 1 aliphatic heterocycles. The van der Waals surface area contributed by atoms with Crippen molar-refractivity contribution in [3.8, 4) is 0 Å². The van der Waals surface area contributed by atoms with Crippen LogP contribution in [0, 0.1) is 5.82 Å². The standard InChI is InChI=1S/C20H23FN4O4S/c1-2-29-20(28)24-23-18(27)16-12-30-19(22-16)14-7-9-25(10-8-14)17(26)11-13-3-5-15(21)6-4-13/h3-6,12,14H,2,7-11H2,1H3,(H,23,27)(H,24,28). The van der Waals surface area contributed by atoms with Crippen LogP contribution in [0.25, 0.3) is 0 Å². The molecule has 160 valence electrons. The molecular formula is C20H23FN4O4S. The van der Waals surface area contributed by atoms with Crippen molar-refractivity contribution in [2.75, 3.05) is 19.7 Å². The summed E-state index contributed by atoms with van der Waals surface area (Å²) in [7, 11) is 0. The molecule has 1 aliphatic rings. The van der Waals surface area contributed by atoms with Crippen LogP contribution < -0.4 is 10.9 Å². The van der Waals surface area contributed by atoms with Crippen molar-refractivity contribution in [2.45, 2.75) is 32.1 Å². The van der Waals surface area contributed by atoms with Gasteiger partial charge in [0.25, 0.3) is 5.91 Å². The van der Waals surface area contributed by atoms with E-state index in [2.05, 4.69) is 20.6 Å². The number of rotatable bonds is 5. The third-order valence-corrected chi connectivity index (χ3v) is 5.78. The first-order valence-electron chi connectivity index (χ1n) is 9.67. The molecule has 1 aromatic carbocycles. The predicted octanol–water partition coefficient (Wildman–Crippen LogP) is 2.62. The summed E-state index contributed by atoms with van der Waals surface area (Å²) >= 11 is 1.39. The molecule has 0 atom stereocenters. The van der Waals surface area contributed by atoms with Gasteiger partial charge in [-0.2, -0.15) is 0 Å². The molecule has 1 aromatic heterocycles. The van der Waals surface area contributed by atoms with Crippen molar-refractivity contribution in [1.82, 2.24) is 20.7 Å². The van der Waals surface area contributed by atoms with Crippen molar-refractivity contribution in [1.29, 1.82) is 0 Å². The van der Waals surface area contributed by atoms with Crippen LogP contribution in [0.2, 0.25) is 0 Å². The Hall–Kier alpha value is -3.01. The molecule has 1 fully saturated rings. The quantitative estimate of drug-likeness (QED) is 0.705. The molecule has 3 rings (SSSR count). The van der Waals surface area contributed by atoms with Gasteiger partial charge in [0.15, 0.2) is 0 Å². The molecule has 0 unspecified atom stereocenters. The topological polar surface area (TPSA) is 101 Å². The summed E-state index contributed by atoms with van der Waals surface area (Å²) in [5.41, 5.74) is 5.41. The Kier molecular flexibility index (Phi) is 7.34. The Morgan fingerprint density at radius 2 is 1.90 bits per heavy atom. The highest BCUT2D eigenvalue weighted by atomic mass is 32.1. The highest BCUT2D eigenvalue weighted by molar-refractivity contribution is 7.09. The van der Waals surface area contributed by atoms with E-state index in [1.54, 1.807) is 24.4 Å². The number of thiazole rings is 1. The van der Waals surface area contributed by atoms with Gasteiger partial charge in [-0.3, -0.25) is 15.0 Å². The van der Waals surface area contributed by atoms with Gasteiger partial charge in [0.2, 0.25) is 5.91 Å². The number of carbonyl (C=O) groups excluding carboxylic acids is 3. The van der Waals surface area contributed by atoms with E-state index in [0.717, 1.165) is 23.4 Å². The van der Waals surface area contributed by atoms with Gasteiger partial charge >= 0.3 is 6.09 Å². The maximum absolute atomic E-state index is 13.0. The zero-order valence-electron chi connectivity index (χ0n) is 16.5. The smallest absolute Gasteiger partial charge is 0.426 e. The zero-order valence-corrected chi connectivity index (χ0v) is 17.3. The van der Waals surface area contributed by atoms with Crippen LogP contribution >= 0.6 is 11.3 Å². The van der Waals surface area contributed by atoms with Gasteiger partial charge in [0, 0.05) is 24.4 Å². The number of nitrogens with one attached hydrogen (secondary N) is 2. The third kappa shape index (κ3) is 5.76. The first kappa shape index (κ1) is 21.7. The second kappa shape index (κ2) is 10.1. The second-order valence-electron chi connectivity index (χ2n) is 6.83. The fourth-order valence-corrected chi connectivity index (χ4v) is 4.15. The van der Waals surface area contributed by atoms with Gasteiger partial charge in [-0.15, -0.1) is 11.3 Å². The Morgan fingerprint density at radius 3 is 2.57 bits per heavy atom. The Balaban J connectivity index is 1.48. The number of ether oxygens (including phenoxy) is 1. The number of hydrogen-bond donors (Lipinski definition) is 2. The van der Waals surface area contributed by atoms with Gasteiger partial charge < -0.3 is 9.64 Å². The minimum atomic E-state index is -0.737. The maximum Gasteiger partial charge on any atom is 0.426 e. The summed E-state index contributed by atoms with van der Waals surface area (Å²) in [4.78, 5) is 42.0. The van der Waals surface area contributed by atoms with Crippen LogP contribution in [0.5, 0.6) is 0 Å². The number of benzene rings is 1. The molecule has 10 heteroatoms. The highest BCUT2D eigenvalue weighted by Gasteiger charge is 2.26. The summed E-state index contributed by atoms with van der Waals surface area (Å²) in [6.07, 6.45) is 1.02. The summed E-state index contributed by atoms with van der Waals surface area (Å²) in [5, 5.41) is 2.48. The monoisotopic (exact) mass is 434 g/mol. The molecular weight excluding hydrogens is 411 g/mol. The molecule has 2 aromatic rings. The van der Waals surface area contributed by atoms with Gasteiger partial charge in [-0.25, -0.2) is 19.6 Å². The maximum atomic E-state index is 13.0. The molecule has 0 spiro atoms. The van der Waals surface area contributed by atoms with Crippen molar-refractivity contribution >= 4 is 29.2 Å². The lowest BCUT2D eigenvalue weighted by molar-refractivity contribution is -0.131. The van der Waals surface area contributed by atoms with Crippen LogP contribution in [0.15, 0.2) is 29.6 Å². The number of carbonyl (C=O) groups is 3. The minimum Gasteiger partial charge on any atom is -0.449 e. The van der Waals surface area contributed by atoms with Crippen LogP contribution in [-0.2, 0) is 16.0 Å². The van der Waals surface area contributed by atoms with Gasteiger partial charge in [0.1, 0.15) is 11.5 Å². The molecule has 0 radical (unpaired) electrons. The minimum absolute atomic E-state index is 0.0179. The fraction of sp³-hybridized carbons (Fsp3) is 0.400. The molecule has 30 heavy (non-hydrogen) atoms. The molecule has 0 bridgehead atoms. The van der Waals surface area contributed by atoms with E-state index < -0.39 is 12.0 Å². The van der Waals surface area contributed by atoms with Crippen molar-refractivity contribution < 1.29 is 23.5 Å². The Labute approximate surface area is 177 Å². The molecule has 8 nitrogen and oxygen atoms in total. The Bertz CT molecular complexity index is 894. The zero-order chi connectivity index (χ0) is 21.5. The number of amides is 3. The summed E-state index contributed by atoms with van der Waals surface area (Å²) in [6, 6.07) is 5.96. The van der Waals surface area contributed by atoms with E-state index >= 15 is 0 Å². The number of nitrogens with zero attached hydrogens (tertiary/aromatic N) is 2. The van der Waals surface area contributed by atoms with E-state index in [-0.39, 0.29) is 36.4 Å². The first-order chi connectivity index (χ1) is 14.5. The number of hydrazine groups is 1. The van der Waals surface area contributed by atoms with Crippen molar-refractivity contribution in [3.63, 3.8) is 0 Å². The van der Waals surface area contributed by atoms with Gasteiger partial charge in [-0.1, -0.05) is 12.1 Å². The van der Waals surface area contributed by atoms with Crippen LogP contribution in [-0.4, -0.2) is 47.5 Å². The molecule has 1 saturated heterocycles. The average Bonchev–Trinajstić information content (AvgIpc) is 3.24. The lowest BCUT2D eigenvalue weighted by Gasteiger charge is -2.31. The number of aromatic nitrogens is 1. The van der Waals surface area contributed by atoms with E-state index in [0.29, 0.717) is 13.1 Å². The number of likely N-dealkylation sites (tertiary alicyclic amines) is 1. The lowest BCUT2D eigenvalue weighted by atomic mass is 9.97. The number of hydrogen-bond acceptors (Lipinski definition) is 6. The van der Waals surface area contributed by atoms with Gasteiger partial charge in [-0.05, 0) is 37.5 Å². The normalized spacial score (nSPS) is 14.3. The summed E-state index contributed by atoms with van der Waals surface area (Å²) in [6.45, 7) is 3.08. The predicted molar refractivity (Wildman–Crippen MR) is 108 cm³/mol. The molecule has 2 heterocycles. The first-order valence-corrected chi connectivity index (χ1v) is 10.5. The lowest BCUT2D eigenvalue weighted by Crippen LogP contribution is -2.42. The van der Waals surface area contributed by atoms with Gasteiger partial charge in [0.05, 0.1) is 18.0 Å². The molecule has 0 aliphatic carbocycles. The van der Waals surface area contributed by atoms with Crippen molar-refractivity contribution in [2.24, 2.45) is 0 Å². The second-order valence-corrected chi connectivity index (χ2v) is 7.72.